The molecular weight excluding hydrogens is 152 g/mol. The summed E-state index contributed by atoms with van der Waals surface area (Å²) >= 11 is 0. The fraction of sp³-hybridized carbons (Fsp3) is 0.500. The van der Waals surface area contributed by atoms with Crippen molar-refractivity contribution >= 4 is 5.78 Å². The van der Waals surface area contributed by atoms with Crippen LogP contribution in [0, 0.1) is 0 Å². The van der Waals surface area contributed by atoms with Crippen LogP contribution in [0.25, 0.3) is 0 Å². The monoisotopic (exact) mass is 164 g/mol. The Morgan fingerprint density at radius 2 is 2.50 bits per heavy atom. The maximum atomic E-state index is 11.2. The van der Waals surface area contributed by atoms with Crippen molar-refractivity contribution in [3.63, 3.8) is 0 Å². The van der Waals surface area contributed by atoms with Gasteiger partial charge in [-0.15, -0.1) is 0 Å². The molecule has 0 radical (unpaired) electrons. The molecule has 0 saturated carbocycles. The van der Waals surface area contributed by atoms with Crippen molar-refractivity contribution in [2.45, 2.75) is 32.0 Å². The van der Waals surface area contributed by atoms with Crippen molar-refractivity contribution in [3.05, 3.63) is 23.8 Å². The third-order valence-corrected chi connectivity index (χ3v) is 2.56. The third-order valence-electron chi connectivity index (χ3n) is 2.56. The minimum atomic E-state index is -0.571. The van der Waals surface area contributed by atoms with Gasteiger partial charge in [0.25, 0.3) is 0 Å². The van der Waals surface area contributed by atoms with Crippen molar-refractivity contribution in [3.8, 4) is 0 Å². The molecule has 0 aromatic heterocycles. The van der Waals surface area contributed by atoms with E-state index in [0.29, 0.717) is 0 Å². The molecule has 2 nitrogen and oxygen atoms in total. The second kappa shape index (κ2) is 2.30. The Hall–Kier alpha value is -0.890. The Morgan fingerprint density at radius 1 is 1.75 bits per heavy atom. The molecule has 1 saturated heterocycles. The molecule has 1 aliphatic heterocycles. The number of rotatable bonds is 2. The average molecular weight is 164 g/mol. The third kappa shape index (κ3) is 0.879. The summed E-state index contributed by atoms with van der Waals surface area (Å²) in [4.78, 5) is 11.2. The van der Waals surface area contributed by atoms with Gasteiger partial charge in [-0.2, -0.15) is 0 Å². The van der Waals surface area contributed by atoms with Crippen LogP contribution in [0.1, 0.15) is 20.3 Å². The molecule has 0 aromatic rings. The first-order chi connectivity index (χ1) is 5.69. The van der Waals surface area contributed by atoms with Gasteiger partial charge in [-0.05, 0) is 31.1 Å². The van der Waals surface area contributed by atoms with Crippen LogP contribution in [0.2, 0.25) is 0 Å². The number of fused-ring (bicyclic) bond motifs is 1. The highest BCUT2D eigenvalue weighted by molar-refractivity contribution is 5.92. The van der Waals surface area contributed by atoms with E-state index in [4.69, 9.17) is 4.74 Å². The second-order valence-corrected chi connectivity index (χ2v) is 3.32. The Bertz CT molecular complexity index is 288. The van der Waals surface area contributed by atoms with Crippen LogP contribution in [0.3, 0.4) is 0 Å². The number of allylic oxidation sites excluding steroid dienone is 2. The van der Waals surface area contributed by atoms with Crippen LogP contribution in [-0.2, 0) is 9.53 Å². The summed E-state index contributed by atoms with van der Waals surface area (Å²) in [6.45, 7) is 3.68. The molecule has 2 heteroatoms. The quantitative estimate of drug-likeness (QED) is 0.580. The number of ether oxygens (including phenoxy) is 1. The van der Waals surface area contributed by atoms with E-state index in [1.165, 1.54) is 5.57 Å². The Balaban J connectivity index is 2.22. The molecule has 1 aliphatic carbocycles. The van der Waals surface area contributed by atoms with Crippen LogP contribution in [-0.4, -0.2) is 17.5 Å². The van der Waals surface area contributed by atoms with Crippen LogP contribution in [0.5, 0.6) is 0 Å². The molecule has 1 heterocycles. The number of carbonyl (C=O) groups is 1. The number of epoxide rings is 1. The van der Waals surface area contributed by atoms with Crippen LogP contribution >= 0.6 is 0 Å². The van der Waals surface area contributed by atoms with Gasteiger partial charge in [-0.1, -0.05) is 13.0 Å². The molecule has 0 aromatic carbocycles. The van der Waals surface area contributed by atoms with Crippen molar-refractivity contribution in [2.24, 2.45) is 0 Å². The van der Waals surface area contributed by atoms with Gasteiger partial charge in [0.05, 0.1) is 0 Å². The van der Waals surface area contributed by atoms with E-state index in [9.17, 15) is 4.79 Å². The zero-order chi connectivity index (χ0) is 8.77. The molecule has 0 N–H and O–H groups in total. The smallest absolute Gasteiger partial charge is 0.175 e. The van der Waals surface area contributed by atoms with Crippen molar-refractivity contribution < 1.29 is 9.53 Å². The topological polar surface area (TPSA) is 29.6 Å². The molecule has 1 fully saturated rings. The molecule has 0 amide bonds. The molecular formula is C10H12O2. The second-order valence-electron chi connectivity index (χ2n) is 3.32. The lowest BCUT2D eigenvalue weighted by atomic mass is 9.93. The van der Waals surface area contributed by atoms with E-state index in [0.717, 1.165) is 6.42 Å². The van der Waals surface area contributed by atoms with Gasteiger partial charge in [0, 0.05) is 0 Å². The van der Waals surface area contributed by atoms with Gasteiger partial charge >= 0.3 is 0 Å². The lowest BCUT2D eigenvalue weighted by molar-refractivity contribution is -0.120. The first-order valence-electron chi connectivity index (χ1n) is 4.28. The minimum absolute atomic E-state index is 0.0231. The van der Waals surface area contributed by atoms with E-state index in [2.05, 4.69) is 6.92 Å². The number of ketones is 1. The number of hydrogen-bond donors (Lipinski definition) is 0. The van der Waals surface area contributed by atoms with Gasteiger partial charge in [0.15, 0.2) is 11.4 Å². The zero-order valence-electron chi connectivity index (χ0n) is 7.33. The highest BCUT2D eigenvalue weighted by Gasteiger charge is 2.58. The summed E-state index contributed by atoms with van der Waals surface area (Å²) in [5.74, 6) is 0.107. The maximum absolute atomic E-state index is 11.2. The van der Waals surface area contributed by atoms with Crippen LogP contribution in [0.4, 0.5) is 0 Å². The SMILES string of the molecule is CCC1=CC2OC2(C(C)=O)C=C1. The number of hydrogen-bond acceptors (Lipinski definition) is 2. The van der Waals surface area contributed by atoms with Crippen molar-refractivity contribution in [1.29, 1.82) is 0 Å². The van der Waals surface area contributed by atoms with E-state index in [1.807, 2.05) is 18.2 Å². The Labute approximate surface area is 71.9 Å². The molecule has 0 spiro atoms. The van der Waals surface area contributed by atoms with Crippen molar-refractivity contribution in [1.82, 2.24) is 0 Å². The van der Waals surface area contributed by atoms with E-state index >= 15 is 0 Å². The van der Waals surface area contributed by atoms with Gasteiger partial charge in [0.1, 0.15) is 6.10 Å². The Morgan fingerprint density at radius 3 is 3.00 bits per heavy atom. The van der Waals surface area contributed by atoms with Gasteiger partial charge in [0.2, 0.25) is 0 Å². The molecule has 2 aliphatic rings. The number of Topliss-reactive ketones (excluding diaryl/α,β-unsaturated/α-hetero) is 1. The molecule has 12 heavy (non-hydrogen) atoms. The molecule has 2 atom stereocenters. The lowest BCUT2D eigenvalue weighted by Crippen LogP contribution is -2.23. The molecule has 2 unspecified atom stereocenters. The van der Waals surface area contributed by atoms with E-state index < -0.39 is 5.60 Å². The minimum Gasteiger partial charge on any atom is -0.349 e. The summed E-state index contributed by atoms with van der Waals surface area (Å²) in [6, 6.07) is 0. The standard InChI is InChI=1S/C10H12O2/c1-3-8-4-5-10(7(2)11)9(6-8)12-10/h4-6,9H,3H2,1-2H3. The largest absolute Gasteiger partial charge is 0.349 e. The normalized spacial score (nSPS) is 37.2. The molecule has 64 valence electrons. The maximum Gasteiger partial charge on any atom is 0.175 e. The lowest BCUT2D eigenvalue weighted by Gasteiger charge is -2.06. The predicted molar refractivity (Wildman–Crippen MR) is 45.8 cm³/mol. The first kappa shape index (κ1) is 7.74. The summed E-state index contributed by atoms with van der Waals surface area (Å²) in [5.41, 5.74) is 0.688. The van der Waals surface area contributed by atoms with Gasteiger partial charge in [-0.3, -0.25) is 4.79 Å². The van der Waals surface area contributed by atoms with Crippen molar-refractivity contribution in [2.75, 3.05) is 0 Å². The summed E-state index contributed by atoms with van der Waals surface area (Å²) < 4.78 is 5.35. The summed E-state index contributed by atoms with van der Waals surface area (Å²) in [5, 5.41) is 0. The van der Waals surface area contributed by atoms with Crippen LogP contribution < -0.4 is 0 Å². The van der Waals surface area contributed by atoms with Crippen LogP contribution in [0.15, 0.2) is 23.8 Å². The molecule has 2 rings (SSSR count). The molecule has 0 bridgehead atoms. The summed E-state index contributed by atoms with van der Waals surface area (Å²) in [7, 11) is 0. The average Bonchev–Trinajstić information content (AvgIpc) is 2.78. The fourth-order valence-corrected chi connectivity index (χ4v) is 1.59. The van der Waals surface area contributed by atoms with Gasteiger partial charge < -0.3 is 4.74 Å². The zero-order valence-corrected chi connectivity index (χ0v) is 7.33. The Kier molecular flexibility index (Phi) is 1.48. The first-order valence-corrected chi connectivity index (χ1v) is 4.28. The van der Waals surface area contributed by atoms with E-state index in [-0.39, 0.29) is 11.9 Å². The number of carbonyl (C=O) groups excluding carboxylic acids is 1. The van der Waals surface area contributed by atoms with Gasteiger partial charge in [-0.25, -0.2) is 0 Å². The highest BCUT2D eigenvalue weighted by Crippen LogP contribution is 2.43. The summed E-state index contributed by atoms with van der Waals surface area (Å²) in [6.07, 6.45) is 6.95. The fourth-order valence-electron chi connectivity index (χ4n) is 1.59. The van der Waals surface area contributed by atoms with E-state index in [1.54, 1.807) is 6.92 Å². The predicted octanol–water partition coefficient (Wildman–Crippen LogP) is 1.62. The highest BCUT2D eigenvalue weighted by atomic mass is 16.6.